The molecule has 0 saturated carbocycles. The molecule has 0 bridgehead atoms. The monoisotopic (exact) mass is 318 g/mol. The van der Waals surface area contributed by atoms with Gasteiger partial charge in [-0.05, 0) is 11.8 Å². The number of carbonyl (C=O) groups excluding carboxylic acids is 1. The Morgan fingerprint density at radius 3 is 2.43 bits per heavy atom. The first-order valence-electron chi connectivity index (χ1n) is 6.73. The number of hydrogen-bond acceptors (Lipinski definition) is 2. The van der Waals surface area contributed by atoms with Crippen LogP contribution in [0, 0.1) is 5.41 Å². The maximum Gasteiger partial charge on any atom is 0.349 e. The number of alkyl halides is 2. The number of amides is 1. The number of piperidine rings is 1. The summed E-state index contributed by atoms with van der Waals surface area (Å²) in [6.45, 7) is 4.34. The summed E-state index contributed by atoms with van der Waals surface area (Å²) < 4.78 is 28.5. The predicted octanol–water partition coefficient (Wildman–Crippen LogP) is 2.79. The van der Waals surface area contributed by atoms with Gasteiger partial charge in [0, 0.05) is 24.7 Å². The fraction of sp³-hybridized carbons (Fsp3) is 0.533. The van der Waals surface area contributed by atoms with Crippen molar-refractivity contribution >= 4 is 18.3 Å². The van der Waals surface area contributed by atoms with Crippen LogP contribution in [0.25, 0.3) is 0 Å². The number of hydrogen-bond donors (Lipinski definition) is 1. The summed E-state index contributed by atoms with van der Waals surface area (Å²) in [5.41, 5.74) is 5.36. The molecule has 1 saturated heterocycles. The average molecular weight is 319 g/mol. The van der Waals surface area contributed by atoms with Crippen LogP contribution in [0.4, 0.5) is 8.78 Å². The molecule has 1 aliphatic rings. The fourth-order valence-electron chi connectivity index (χ4n) is 2.52. The highest BCUT2D eigenvalue weighted by Gasteiger charge is 2.46. The summed E-state index contributed by atoms with van der Waals surface area (Å²) in [7, 11) is 0. The van der Waals surface area contributed by atoms with Crippen molar-refractivity contribution in [1.29, 1.82) is 0 Å². The van der Waals surface area contributed by atoms with Gasteiger partial charge in [-0.2, -0.15) is 8.78 Å². The van der Waals surface area contributed by atoms with E-state index in [1.54, 1.807) is 6.07 Å². The SMILES string of the molecule is CC1(C)CN(C(=O)C(F)(F)c2ccccc2)CCC1N.Cl. The maximum absolute atomic E-state index is 14.3. The summed E-state index contributed by atoms with van der Waals surface area (Å²) in [5.74, 6) is -4.62. The Hall–Kier alpha value is -1.20. The lowest BCUT2D eigenvalue weighted by atomic mass is 9.79. The minimum Gasteiger partial charge on any atom is -0.337 e. The van der Waals surface area contributed by atoms with E-state index in [4.69, 9.17) is 5.73 Å². The standard InChI is InChI=1S/C15H20F2N2O.ClH/c1-14(2)10-19(9-8-12(14)18)13(20)15(16,17)11-6-4-3-5-7-11;/h3-7,12H,8-10,18H2,1-2H3;1H. The van der Waals surface area contributed by atoms with Gasteiger partial charge in [-0.25, -0.2) is 0 Å². The number of likely N-dealkylation sites (tertiary alicyclic amines) is 1. The van der Waals surface area contributed by atoms with Crippen LogP contribution in [-0.2, 0) is 10.7 Å². The third-order valence-corrected chi connectivity index (χ3v) is 4.00. The quantitative estimate of drug-likeness (QED) is 0.911. The lowest BCUT2D eigenvalue weighted by molar-refractivity contribution is -0.162. The summed E-state index contributed by atoms with van der Waals surface area (Å²) >= 11 is 0. The molecule has 0 aromatic heterocycles. The molecule has 1 heterocycles. The lowest BCUT2D eigenvalue weighted by Gasteiger charge is -2.43. The molecule has 1 aromatic rings. The number of carbonyl (C=O) groups is 1. The Balaban J connectivity index is 0.00000220. The van der Waals surface area contributed by atoms with E-state index < -0.39 is 11.8 Å². The largest absolute Gasteiger partial charge is 0.349 e. The average Bonchev–Trinajstić information content (AvgIpc) is 2.42. The maximum atomic E-state index is 14.3. The topological polar surface area (TPSA) is 46.3 Å². The molecular weight excluding hydrogens is 298 g/mol. The van der Waals surface area contributed by atoms with Crippen LogP contribution >= 0.6 is 12.4 Å². The molecule has 1 atom stereocenters. The normalized spacial score (nSPS) is 21.6. The van der Waals surface area contributed by atoms with Crippen molar-refractivity contribution in [3.63, 3.8) is 0 Å². The second-order valence-corrected chi connectivity index (χ2v) is 6.05. The summed E-state index contributed by atoms with van der Waals surface area (Å²) in [4.78, 5) is 13.4. The number of nitrogens with zero attached hydrogens (tertiary/aromatic N) is 1. The Bertz CT molecular complexity index is 494. The number of halogens is 3. The van der Waals surface area contributed by atoms with E-state index in [1.165, 1.54) is 29.2 Å². The minimum atomic E-state index is -3.49. The van der Waals surface area contributed by atoms with Gasteiger partial charge in [-0.1, -0.05) is 44.2 Å². The van der Waals surface area contributed by atoms with Gasteiger partial charge in [0.2, 0.25) is 0 Å². The van der Waals surface area contributed by atoms with E-state index in [9.17, 15) is 13.6 Å². The Kier molecular flexibility index (Phi) is 5.34. The van der Waals surface area contributed by atoms with Crippen LogP contribution in [0.2, 0.25) is 0 Å². The summed E-state index contributed by atoms with van der Waals surface area (Å²) in [6.07, 6.45) is 0.545. The van der Waals surface area contributed by atoms with Crippen LogP contribution in [0.3, 0.4) is 0 Å². The molecule has 1 unspecified atom stereocenters. The van der Waals surface area contributed by atoms with E-state index in [1.807, 2.05) is 13.8 Å². The van der Waals surface area contributed by atoms with Crippen molar-refractivity contribution < 1.29 is 13.6 Å². The van der Waals surface area contributed by atoms with Gasteiger partial charge in [0.25, 0.3) is 5.91 Å². The second kappa shape index (κ2) is 6.28. The zero-order valence-electron chi connectivity index (χ0n) is 12.2. The smallest absolute Gasteiger partial charge is 0.337 e. The zero-order valence-corrected chi connectivity index (χ0v) is 13.0. The molecule has 1 aromatic carbocycles. The zero-order chi connectivity index (χ0) is 15.0. The third-order valence-electron chi connectivity index (χ3n) is 4.00. The molecule has 2 rings (SSSR count). The van der Waals surface area contributed by atoms with E-state index in [-0.39, 0.29) is 42.5 Å². The Labute approximate surface area is 129 Å². The van der Waals surface area contributed by atoms with E-state index in [0.29, 0.717) is 6.42 Å². The van der Waals surface area contributed by atoms with Crippen LogP contribution in [-0.4, -0.2) is 29.9 Å². The molecule has 3 nitrogen and oxygen atoms in total. The van der Waals surface area contributed by atoms with E-state index >= 15 is 0 Å². The number of rotatable bonds is 2. The van der Waals surface area contributed by atoms with Crippen molar-refractivity contribution in [2.75, 3.05) is 13.1 Å². The number of benzene rings is 1. The highest BCUT2D eigenvalue weighted by molar-refractivity contribution is 5.85. The summed E-state index contributed by atoms with van der Waals surface area (Å²) in [6, 6.07) is 7.14. The van der Waals surface area contributed by atoms with Gasteiger partial charge in [-0.3, -0.25) is 4.79 Å². The van der Waals surface area contributed by atoms with Gasteiger partial charge in [0.05, 0.1) is 0 Å². The first-order valence-corrected chi connectivity index (χ1v) is 6.73. The molecule has 0 aliphatic carbocycles. The molecule has 1 fully saturated rings. The lowest BCUT2D eigenvalue weighted by Crippen LogP contribution is -2.56. The molecule has 1 aliphatic heterocycles. The third kappa shape index (κ3) is 3.52. The first-order chi connectivity index (χ1) is 9.25. The van der Waals surface area contributed by atoms with Crippen molar-refractivity contribution in [2.24, 2.45) is 11.1 Å². The molecule has 21 heavy (non-hydrogen) atoms. The summed E-state index contributed by atoms with van der Waals surface area (Å²) in [5, 5.41) is 0. The highest BCUT2D eigenvalue weighted by atomic mass is 35.5. The van der Waals surface area contributed by atoms with Crippen LogP contribution in [0.1, 0.15) is 25.8 Å². The molecule has 1 amide bonds. The van der Waals surface area contributed by atoms with Gasteiger partial charge in [0.15, 0.2) is 0 Å². The minimum absolute atomic E-state index is 0. The van der Waals surface area contributed by atoms with Crippen molar-refractivity contribution in [1.82, 2.24) is 4.90 Å². The second-order valence-electron chi connectivity index (χ2n) is 6.05. The van der Waals surface area contributed by atoms with Crippen molar-refractivity contribution in [3.8, 4) is 0 Å². The molecule has 6 heteroatoms. The van der Waals surface area contributed by atoms with Crippen LogP contribution < -0.4 is 5.73 Å². The predicted molar refractivity (Wildman–Crippen MR) is 80.5 cm³/mol. The van der Waals surface area contributed by atoms with Gasteiger partial charge in [-0.15, -0.1) is 12.4 Å². The van der Waals surface area contributed by atoms with Crippen LogP contribution in [0.15, 0.2) is 30.3 Å². The molecule has 2 N–H and O–H groups in total. The molecular formula is C15H21ClF2N2O. The van der Waals surface area contributed by atoms with Gasteiger partial charge in [0.1, 0.15) is 0 Å². The van der Waals surface area contributed by atoms with Crippen LogP contribution in [0.5, 0.6) is 0 Å². The molecule has 118 valence electrons. The van der Waals surface area contributed by atoms with E-state index in [2.05, 4.69) is 0 Å². The van der Waals surface area contributed by atoms with Crippen molar-refractivity contribution in [3.05, 3.63) is 35.9 Å². The first kappa shape index (κ1) is 17.9. The van der Waals surface area contributed by atoms with Crippen molar-refractivity contribution in [2.45, 2.75) is 32.2 Å². The van der Waals surface area contributed by atoms with Gasteiger partial charge < -0.3 is 10.6 Å². The van der Waals surface area contributed by atoms with Gasteiger partial charge >= 0.3 is 5.92 Å². The Morgan fingerprint density at radius 2 is 1.90 bits per heavy atom. The fourth-order valence-corrected chi connectivity index (χ4v) is 2.52. The number of nitrogens with two attached hydrogens (primary N) is 1. The Morgan fingerprint density at radius 1 is 1.33 bits per heavy atom. The molecule has 0 spiro atoms. The molecule has 0 radical (unpaired) electrons. The van der Waals surface area contributed by atoms with E-state index in [0.717, 1.165) is 0 Å². The highest BCUT2D eigenvalue weighted by Crippen LogP contribution is 2.34.